The van der Waals surface area contributed by atoms with E-state index in [1.807, 2.05) is 60.7 Å². The van der Waals surface area contributed by atoms with Crippen molar-refractivity contribution in [3.05, 3.63) is 87.9 Å². The summed E-state index contributed by atoms with van der Waals surface area (Å²) in [6.07, 6.45) is 0. The number of nitrogens with one attached hydrogen (secondary N) is 2. The zero-order valence-electron chi connectivity index (χ0n) is 17.3. The molecule has 0 bridgehead atoms. The third-order valence-electron chi connectivity index (χ3n) is 4.47. The molecule has 0 saturated carbocycles. The number of urea groups is 1. The first kappa shape index (κ1) is 23.2. The highest BCUT2D eigenvalue weighted by Crippen LogP contribution is 2.46. The third kappa shape index (κ3) is 5.43. The van der Waals surface area contributed by atoms with Gasteiger partial charge >= 0.3 is 6.03 Å². The van der Waals surface area contributed by atoms with Gasteiger partial charge in [0.05, 0.1) is 5.69 Å². The lowest BCUT2D eigenvalue weighted by Crippen LogP contribution is -2.46. The smallest absolute Gasteiger partial charge is 0.328 e. The van der Waals surface area contributed by atoms with Crippen LogP contribution in [0.5, 0.6) is 11.5 Å². The minimum atomic E-state index is -0.685. The van der Waals surface area contributed by atoms with Crippen molar-refractivity contribution in [2.24, 2.45) is 5.73 Å². The monoisotopic (exact) mass is 472 g/mol. The van der Waals surface area contributed by atoms with Gasteiger partial charge in [-0.3, -0.25) is 5.41 Å². The number of anilines is 1. The second kappa shape index (κ2) is 10.7. The van der Waals surface area contributed by atoms with Crippen LogP contribution < -0.4 is 25.4 Å². The Bertz CT molecular complexity index is 1030. The molecule has 4 N–H and O–H groups in total. The van der Waals surface area contributed by atoms with E-state index >= 15 is 0 Å². The highest BCUT2D eigenvalue weighted by Gasteiger charge is 2.28. The summed E-state index contributed by atoms with van der Waals surface area (Å²) in [4.78, 5) is 13.3. The van der Waals surface area contributed by atoms with E-state index in [-0.39, 0.29) is 40.4 Å². The molecule has 2 amide bonds. The number of nitrogens with two attached hydrogens (primary N) is 1. The van der Waals surface area contributed by atoms with Crippen molar-refractivity contribution in [2.75, 3.05) is 11.9 Å². The Hall–Kier alpha value is -3.42. The Morgan fingerprint density at radius 3 is 1.75 bits per heavy atom. The molecular formula is C23H22Cl2N4O3. The zero-order valence-corrected chi connectivity index (χ0v) is 18.8. The number of ether oxygens (including phenoxy) is 2. The predicted octanol–water partition coefficient (Wildman–Crippen LogP) is 5.19. The number of rotatable bonds is 7. The standard InChI is InChI=1S/C23H22Cl2N4O3/c1-28-23(30)29(22(26)27)21-19(24)17(31-13-15-8-4-2-5-9-15)12-18(20(21)25)32-14-16-10-6-3-7-11-16/h2-12H,13-14H2,1H3,(H3,26,27)(H,28,30). The van der Waals surface area contributed by atoms with Gasteiger partial charge in [0, 0.05) is 13.1 Å². The molecule has 0 radical (unpaired) electrons. The van der Waals surface area contributed by atoms with Gasteiger partial charge in [-0.05, 0) is 11.1 Å². The van der Waals surface area contributed by atoms with Gasteiger partial charge in [0.2, 0.25) is 5.96 Å². The van der Waals surface area contributed by atoms with Crippen molar-refractivity contribution in [3.8, 4) is 11.5 Å². The fourth-order valence-corrected chi connectivity index (χ4v) is 3.52. The highest BCUT2D eigenvalue weighted by molar-refractivity contribution is 6.43. The molecule has 3 rings (SSSR count). The van der Waals surface area contributed by atoms with E-state index in [1.165, 1.54) is 7.05 Å². The quantitative estimate of drug-likeness (QED) is 0.325. The fraction of sp³-hybridized carbons (Fsp3) is 0.130. The van der Waals surface area contributed by atoms with Crippen LogP contribution in [0.1, 0.15) is 11.1 Å². The molecule has 0 aliphatic rings. The molecule has 0 unspecified atom stereocenters. The van der Waals surface area contributed by atoms with E-state index in [0.29, 0.717) is 0 Å². The highest BCUT2D eigenvalue weighted by atomic mass is 35.5. The number of carbonyl (C=O) groups is 1. The number of amides is 2. The molecule has 3 aromatic rings. The first-order valence-electron chi connectivity index (χ1n) is 9.63. The summed E-state index contributed by atoms with van der Waals surface area (Å²) < 4.78 is 11.8. The van der Waals surface area contributed by atoms with Crippen LogP contribution in [0.4, 0.5) is 10.5 Å². The van der Waals surface area contributed by atoms with Crippen molar-refractivity contribution in [2.45, 2.75) is 13.2 Å². The molecule has 166 valence electrons. The maximum absolute atomic E-state index is 12.4. The molecule has 0 aromatic heterocycles. The summed E-state index contributed by atoms with van der Waals surface area (Å²) in [6.45, 7) is 0.444. The second-order valence-corrected chi connectivity index (χ2v) is 7.43. The van der Waals surface area contributed by atoms with Crippen molar-refractivity contribution in [3.63, 3.8) is 0 Å². The largest absolute Gasteiger partial charge is 0.487 e. The summed E-state index contributed by atoms with van der Waals surface area (Å²) in [5, 5.41) is 10.3. The average Bonchev–Trinajstić information content (AvgIpc) is 2.81. The van der Waals surface area contributed by atoms with E-state index in [4.69, 9.17) is 43.8 Å². The Morgan fingerprint density at radius 2 is 1.38 bits per heavy atom. The average molecular weight is 473 g/mol. The number of benzene rings is 3. The molecule has 0 heterocycles. The minimum absolute atomic E-state index is 0.00573. The molecule has 9 heteroatoms. The molecule has 0 aliphatic heterocycles. The molecule has 3 aromatic carbocycles. The Kier molecular flexibility index (Phi) is 7.81. The number of nitrogens with zero attached hydrogens (tertiary/aromatic N) is 1. The zero-order chi connectivity index (χ0) is 23.1. The van der Waals surface area contributed by atoms with Gasteiger partial charge < -0.3 is 20.5 Å². The minimum Gasteiger partial charge on any atom is -0.487 e. The normalized spacial score (nSPS) is 10.3. The topological polar surface area (TPSA) is 101 Å². The van der Waals surface area contributed by atoms with Gasteiger partial charge in [-0.15, -0.1) is 0 Å². The van der Waals surface area contributed by atoms with Crippen molar-refractivity contribution >= 4 is 40.9 Å². The van der Waals surface area contributed by atoms with E-state index in [1.54, 1.807) is 6.07 Å². The van der Waals surface area contributed by atoms with Gasteiger partial charge in [-0.1, -0.05) is 83.9 Å². The SMILES string of the molecule is CNC(=O)N(C(=N)N)c1c(Cl)c(OCc2ccccc2)cc(OCc2ccccc2)c1Cl. The van der Waals surface area contributed by atoms with E-state index in [2.05, 4.69) is 5.32 Å². The van der Waals surface area contributed by atoms with Gasteiger partial charge in [-0.2, -0.15) is 0 Å². The number of guanidine groups is 1. The summed E-state index contributed by atoms with van der Waals surface area (Å²) in [7, 11) is 1.41. The van der Waals surface area contributed by atoms with Gasteiger partial charge in [0.15, 0.2) is 0 Å². The lowest BCUT2D eigenvalue weighted by molar-refractivity contribution is 0.251. The second-order valence-electron chi connectivity index (χ2n) is 6.67. The maximum atomic E-state index is 12.4. The first-order chi connectivity index (χ1) is 15.4. The van der Waals surface area contributed by atoms with Gasteiger partial charge in [0.25, 0.3) is 0 Å². The van der Waals surface area contributed by atoms with Crippen molar-refractivity contribution < 1.29 is 14.3 Å². The lowest BCUT2D eigenvalue weighted by atomic mass is 10.2. The molecule has 32 heavy (non-hydrogen) atoms. The molecule has 0 spiro atoms. The van der Waals surface area contributed by atoms with Crippen molar-refractivity contribution in [1.82, 2.24) is 5.32 Å². The van der Waals surface area contributed by atoms with E-state index < -0.39 is 12.0 Å². The summed E-state index contributed by atoms with van der Waals surface area (Å²) >= 11 is 13.1. The number of halogens is 2. The first-order valence-corrected chi connectivity index (χ1v) is 10.4. The van der Waals surface area contributed by atoms with Gasteiger partial charge in [-0.25, -0.2) is 9.69 Å². The van der Waals surface area contributed by atoms with Crippen LogP contribution in [0, 0.1) is 5.41 Å². The summed E-state index contributed by atoms with van der Waals surface area (Å²) in [5.41, 5.74) is 7.49. The van der Waals surface area contributed by atoms with Crippen LogP contribution in [-0.2, 0) is 13.2 Å². The molecule has 0 atom stereocenters. The van der Waals surface area contributed by atoms with Crippen molar-refractivity contribution in [1.29, 1.82) is 5.41 Å². The molecule has 7 nitrogen and oxygen atoms in total. The lowest BCUT2D eigenvalue weighted by Gasteiger charge is -2.25. The Balaban J connectivity index is 2.02. The summed E-state index contributed by atoms with van der Waals surface area (Å²) in [6, 6.07) is 19.9. The molecule has 0 saturated heterocycles. The van der Waals surface area contributed by atoms with E-state index in [9.17, 15) is 4.79 Å². The molecule has 0 fully saturated rings. The van der Waals surface area contributed by atoms with Crippen LogP contribution in [0.25, 0.3) is 0 Å². The fourth-order valence-electron chi connectivity index (χ4n) is 2.90. The van der Waals surface area contributed by atoms with Crippen LogP contribution in [0.2, 0.25) is 10.0 Å². The number of hydrogen-bond donors (Lipinski definition) is 3. The number of hydrogen-bond acceptors (Lipinski definition) is 4. The number of carbonyl (C=O) groups excluding carboxylic acids is 1. The molecular weight excluding hydrogens is 451 g/mol. The Labute approximate surface area is 196 Å². The third-order valence-corrected chi connectivity index (χ3v) is 5.20. The van der Waals surface area contributed by atoms with Crippen LogP contribution in [0.15, 0.2) is 66.7 Å². The Morgan fingerprint density at radius 1 is 0.938 bits per heavy atom. The van der Waals surface area contributed by atoms with E-state index in [0.717, 1.165) is 16.0 Å². The summed E-state index contributed by atoms with van der Waals surface area (Å²) in [5.74, 6) is -0.108. The van der Waals surface area contributed by atoms with Crippen LogP contribution in [-0.4, -0.2) is 19.0 Å². The maximum Gasteiger partial charge on any atom is 0.328 e. The predicted molar refractivity (Wildman–Crippen MR) is 127 cm³/mol. The van der Waals surface area contributed by atoms with Crippen LogP contribution >= 0.6 is 23.2 Å². The van der Waals surface area contributed by atoms with Gasteiger partial charge in [0.1, 0.15) is 34.8 Å². The molecule has 0 aliphatic carbocycles. The van der Waals surface area contributed by atoms with Crippen LogP contribution in [0.3, 0.4) is 0 Å².